The lowest BCUT2D eigenvalue weighted by molar-refractivity contribution is 0.102. The van der Waals surface area contributed by atoms with E-state index in [9.17, 15) is 4.79 Å². The Labute approximate surface area is 103 Å². The van der Waals surface area contributed by atoms with Gasteiger partial charge in [-0.2, -0.15) is 0 Å². The van der Waals surface area contributed by atoms with Gasteiger partial charge in [0.15, 0.2) is 0 Å². The maximum Gasteiger partial charge on any atom is 0.277 e. The van der Waals surface area contributed by atoms with Gasteiger partial charge in [-0.1, -0.05) is 17.7 Å². The minimum absolute atomic E-state index is 0.194. The third-order valence-corrected chi connectivity index (χ3v) is 2.29. The van der Waals surface area contributed by atoms with Crippen molar-refractivity contribution in [3.63, 3.8) is 0 Å². The van der Waals surface area contributed by atoms with E-state index in [1.165, 1.54) is 12.4 Å². The van der Waals surface area contributed by atoms with Crippen molar-refractivity contribution in [2.45, 2.75) is 6.92 Å². The molecule has 0 aliphatic carbocycles. The van der Waals surface area contributed by atoms with Gasteiger partial charge in [0.25, 0.3) is 5.91 Å². The van der Waals surface area contributed by atoms with Crippen LogP contribution in [0.4, 0.5) is 5.82 Å². The molecule has 1 N–H and O–H groups in total. The largest absolute Gasteiger partial charge is 0.305 e. The Balaban J connectivity index is 2.17. The van der Waals surface area contributed by atoms with E-state index in [4.69, 9.17) is 11.6 Å². The first-order chi connectivity index (χ1) is 8.16. The third-order valence-electron chi connectivity index (χ3n) is 2.09. The van der Waals surface area contributed by atoms with Gasteiger partial charge in [-0.05, 0) is 18.6 Å². The van der Waals surface area contributed by atoms with E-state index in [0.29, 0.717) is 5.82 Å². The molecule has 0 radical (unpaired) electrons. The summed E-state index contributed by atoms with van der Waals surface area (Å²) in [5.74, 6) is 0.144. The second-order valence-electron chi connectivity index (χ2n) is 3.35. The molecule has 5 nitrogen and oxygen atoms in total. The fourth-order valence-electron chi connectivity index (χ4n) is 1.22. The lowest BCUT2D eigenvalue weighted by atomic mass is 10.3. The predicted molar refractivity (Wildman–Crippen MR) is 64.0 cm³/mol. The minimum atomic E-state index is -0.365. The summed E-state index contributed by atoms with van der Waals surface area (Å²) in [7, 11) is 0. The highest BCUT2D eigenvalue weighted by molar-refractivity contribution is 6.29. The number of pyridine rings is 1. The molecule has 17 heavy (non-hydrogen) atoms. The van der Waals surface area contributed by atoms with Crippen molar-refractivity contribution in [1.29, 1.82) is 0 Å². The van der Waals surface area contributed by atoms with E-state index in [2.05, 4.69) is 20.3 Å². The lowest BCUT2D eigenvalue weighted by Crippen LogP contribution is -2.15. The SMILES string of the molecule is Cc1cccnc1NC(=O)c1cnc(Cl)cn1. The summed E-state index contributed by atoms with van der Waals surface area (Å²) >= 11 is 5.58. The molecule has 0 bridgehead atoms. The van der Waals surface area contributed by atoms with E-state index < -0.39 is 0 Å². The Morgan fingerprint density at radius 2 is 2.12 bits per heavy atom. The Morgan fingerprint density at radius 1 is 1.29 bits per heavy atom. The zero-order valence-corrected chi connectivity index (χ0v) is 9.77. The number of nitrogens with zero attached hydrogens (tertiary/aromatic N) is 3. The standard InChI is InChI=1S/C11H9ClN4O/c1-7-3-2-4-13-10(7)16-11(17)8-5-15-9(12)6-14-8/h2-6H,1H3,(H,13,16,17). The van der Waals surface area contributed by atoms with Crippen LogP contribution >= 0.6 is 11.6 Å². The van der Waals surface area contributed by atoms with Crippen LogP contribution < -0.4 is 5.32 Å². The lowest BCUT2D eigenvalue weighted by Gasteiger charge is -2.05. The van der Waals surface area contributed by atoms with Crippen molar-refractivity contribution in [3.05, 3.63) is 47.1 Å². The second kappa shape index (κ2) is 4.88. The first kappa shape index (κ1) is 11.5. The van der Waals surface area contributed by atoms with Gasteiger partial charge in [0.05, 0.1) is 12.4 Å². The zero-order valence-electron chi connectivity index (χ0n) is 9.01. The molecular formula is C11H9ClN4O. The number of carbonyl (C=O) groups excluding carboxylic acids is 1. The number of amides is 1. The van der Waals surface area contributed by atoms with Crippen LogP contribution in [0.3, 0.4) is 0 Å². The molecule has 2 rings (SSSR count). The summed E-state index contributed by atoms with van der Waals surface area (Å²) in [6, 6.07) is 3.66. The quantitative estimate of drug-likeness (QED) is 0.884. The van der Waals surface area contributed by atoms with Crippen molar-refractivity contribution >= 4 is 23.3 Å². The molecule has 2 heterocycles. The molecule has 86 valence electrons. The highest BCUT2D eigenvalue weighted by Crippen LogP contribution is 2.10. The van der Waals surface area contributed by atoms with Crippen LogP contribution in [0.15, 0.2) is 30.7 Å². The molecule has 0 aliphatic heterocycles. The van der Waals surface area contributed by atoms with Crippen LogP contribution in [-0.4, -0.2) is 20.9 Å². The Hall–Kier alpha value is -2.01. The van der Waals surface area contributed by atoms with E-state index in [1.54, 1.807) is 12.3 Å². The first-order valence-electron chi connectivity index (χ1n) is 4.87. The predicted octanol–water partition coefficient (Wildman–Crippen LogP) is 2.09. The van der Waals surface area contributed by atoms with Gasteiger partial charge >= 0.3 is 0 Å². The van der Waals surface area contributed by atoms with Gasteiger partial charge < -0.3 is 5.32 Å². The van der Waals surface area contributed by atoms with Gasteiger partial charge in [-0.15, -0.1) is 0 Å². The third kappa shape index (κ3) is 2.76. The number of carbonyl (C=O) groups is 1. The van der Waals surface area contributed by atoms with Gasteiger partial charge in [-0.3, -0.25) is 4.79 Å². The van der Waals surface area contributed by atoms with Crippen LogP contribution in [0.2, 0.25) is 5.15 Å². The first-order valence-corrected chi connectivity index (χ1v) is 5.25. The molecule has 0 saturated carbocycles. The average Bonchev–Trinajstić information content (AvgIpc) is 2.33. The molecule has 0 saturated heterocycles. The number of hydrogen-bond acceptors (Lipinski definition) is 4. The molecule has 1 amide bonds. The van der Waals surface area contributed by atoms with E-state index in [-0.39, 0.29) is 16.8 Å². The van der Waals surface area contributed by atoms with Gasteiger partial charge in [-0.25, -0.2) is 15.0 Å². The number of aryl methyl sites for hydroxylation is 1. The monoisotopic (exact) mass is 248 g/mol. The molecule has 0 aromatic carbocycles. The Morgan fingerprint density at radius 3 is 2.76 bits per heavy atom. The summed E-state index contributed by atoms with van der Waals surface area (Å²) < 4.78 is 0. The molecule has 0 aliphatic rings. The van der Waals surface area contributed by atoms with Gasteiger partial charge in [0.2, 0.25) is 0 Å². The van der Waals surface area contributed by atoms with Crippen molar-refractivity contribution < 1.29 is 4.79 Å². The Kier molecular flexibility index (Phi) is 3.30. The number of hydrogen-bond donors (Lipinski definition) is 1. The topological polar surface area (TPSA) is 67.8 Å². The molecule has 2 aromatic heterocycles. The maximum absolute atomic E-state index is 11.8. The van der Waals surface area contributed by atoms with Crippen LogP contribution in [0.1, 0.15) is 16.1 Å². The minimum Gasteiger partial charge on any atom is -0.305 e. The maximum atomic E-state index is 11.8. The number of aromatic nitrogens is 3. The van der Waals surface area contributed by atoms with Crippen molar-refractivity contribution in [2.24, 2.45) is 0 Å². The molecule has 6 heteroatoms. The summed E-state index contributed by atoms with van der Waals surface area (Å²) in [5, 5.41) is 2.90. The summed E-state index contributed by atoms with van der Waals surface area (Å²) in [6.45, 7) is 1.86. The average molecular weight is 249 g/mol. The normalized spacial score (nSPS) is 10.0. The molecule has 0 spiro atoms. The Bertz CT molecular complexity index is 541. The highest BCUT2D eigenvalue weighted by Gasteiger charge is 2.09. The molecule has 0 unspecified atom stereocenters. The number of rotatable bonds is 2. The van der Waals surface area contributed by atoms with Crippen LogP contribution in [0, 0.1) is 6.92 Å². The highest BCUT2D eigenvalue weighted by atomic mass is 35.5. The van der Waals surface area contributed by atoms with Crippen molar-refractivity contribution in [1.82, 2.24) is 15.0 Å². The van der Waals surface area contributed by atoms with Crippen LogP contribution in [0.25, 0.3) is 0 Å². The van der Waals surface area contributed by atoms with Crippen LogP contribution in [0.5, 0.6) is 0 Å². The van der Waals surface area contributed by atoms with Gasteiger partial charge in [0.1, 0.15) is 16.7 Å². The van der Waals surface area contributed by atoms with Crippen LogP contribution in [-0.2, 0) is 0 Å². The molecular weight excluding hydrogens is 240 g/mol. The molecule has 0 fully saturated rings. The van der Waals surface area contributed by atoms with E-state index >= 15 is 0 Å². The fourth-order valence-corrected chi connectivity index (χ4v) is 1.32. The van der Waals surface area contributed by atoms with Gasteiger partial charge in [0, 0.05) is 6.20 Å². The van der Waals surface area contributed by atoms with E-state index in [1.807, 2.05) is 13.0 Å². The number of anilines is 1. The summed E-state index contributed by atoms with van der Waals surface area (Å²) in [4.78, 5) is 23.5. The summed E-state index contributed by atoms with van der Waals surface area (Å²) in [6.07, 6.45) is 4.24. The van der Waals surface area contributed by atoms with Crippen molar-refractivity contribution in [3.8, 4) is 0 Å². The molecule has 0 atom stereocenters. The molecule has 2 aromatic rings. The van der Waals surface area contributed by atoms with Crippen molar-refractivity contribution in [2.75, 3.05) is 5.32 Å². The second-order valence-corrected chi connectivity index (χ2v) is 3.73. The van der Waals surface area contributed by atoms with E-state index in [0.717, 1.165) is 5.56 Å². The number of halogens is 1. The number of nitrogens with one attached hydrogen (secondary N) is 1. The summed E-state index contributed by atoms with van der Waals surface area (Å²) in [5.41, 5.74) is 1.07. The zero-order chi connectivity index (χ0) is 12.3. The fraction of sp³-hybridized carbons (Fsp3) is 0.0909. The smallest absolute Gasteiger partial charge is 0.277 e.